The Hall–Kier alpha value is -0.930. The van der Waals surface area contributed by atoms with Crippen LogP contribution in [0.2, 0.25) is 5.02 Å². The van der Waals surface area contributed by atoms with E-state index in [-0.39, 0.29) is 6.04 Å². The van der Waals surface area contributed by atoms with Crippen LogP contribution in [0.4, 0.5) is 0 Å². The smallest absolute Gasteiger partial charge is 0.162 e. The van der Waals surface area contributed by atoms with Crippen LogP contribution in [0.25, 0.3) is 0 Å². The molecular weight excluding hydrogens is 274 g/mol. The van der Waals surface area contributed by atoms with E-state index >= 15 is 0 Å². The number of hydrogen-bond donors (Lipinski definition) is 1. The number of halogens is 1. The summed E-state index contributed by atoms with van der Waals surface area (Å²) in [6, 6.07) is 4.07. The van der Waals surface area contributed by atoms with Crippen LogP contribution in [0.1, 0.15) is 45.7 Å². The first kappa shape index (κ1) is 17.1. The summed E-state index contributed by atoms with van der Waals surface area (Å²) in [6.07, 6.45) is 1.08. The molecule has 114 valence electrons. The maximum atomic E-state index is 6.44. The zero-order valence-electron chi connectivity index (χ0n) is 13.1. The van der Waals surface area contributed by atoms with Gasteiger partial charge in [-0.15, -0.1) is 0 Å². The molecule has 20 heavy (non-hydrogen) atoms. The lowest BCUT2D eigenvalue weighted by Crippen LogP contribution is -2.23. The van der Waals surface area contributed by atoms with E-state index in [0.29, 0.717) is 24.9 Å². The topological polar surface area (TPSA) is 30.5 Å². The Morgan fingerprint density at radius 1 is 1.10 bits per heavy atom. The minimum Gasteiger partial charge on any atom is -0.490 e. The summed E-state index contributed by atoms with van der Waals surface area (Å²) in [5.74, 6) is 1.96. The summed E-state index contributed by atoms with van der Waals surface area (Å²) in [7, 11) is 1.96. The fourth-order valence-electron chi connectivity index (χ4n) is 2.31. The van der Waals surface area contributed by atoms with E-state index in [4.69, 9.17) is 21.1 Å². The highest BCUT2D eigenvalue weighted by Crippen LogP contribution is 2.38. The van der Waals surface area contributed by atoms with Crippen molar-refractivity contribution < 1.29 is 9.47 Å². The van der Waals surface area contributed by atoms with Gasteiger partial charge in [0.05, 0.1) is 13.2 Å². The van der Waals surface area contributed by atoms with Crippen LogP contribution in [-0.2, 0) is 0 Å². The molecular formula is C16H26ClNO2. The van der Waals surface area contributed by atoms with E-state index in [1.165, 1.54) is 0 Å². The highest BCUT2D eigenvalue weighted by atomic mass is 35.5. The van der Waals surface area contributed by atoms with Crippen LogP contribution in [0.3, 0.4) is 0 Å². The average molecular weight is 300 g/mol. The van der Waals surface area contributed by atoms with E-state index in [2.05, 4.69) is 19.2 Å². The molecule has 0 aliphatic heterocycles. The summed E-state index contributed by atoms with van der Waals surface area (Å²) < 4.78 is 11.3. The van der Waals surface area contributed by atoms with Crippen molar-refractivity contribution >= 4 is 11.6 Å². The van der Waals surface area contributed by atoms with Gasteiger partial charge in [0.2, 0.25) is 0 Å². The minimum atomic E-state index is 0.211. The molecule has 2 atom stereocenters. The molecule has 2 unspecified atom stereocenters. The SMILES string of the molecule is CCOc1cc(Cl)c(C(NC)C(C)CC)cc1OCC. The van der Waals surface area contributed by atoms with E-state index in [9.17, 15) is 0 Å². The molecule has 0 saturated heterocycles. The Bertz CT molecular complexity index is 423. The van der Waals surface area contributed by atoms with Crippen LogP contribution >= 0.6 is 11.6 Å². The summed E-state index contributed by atoms with van der Waals surface area (Å²) in [6.45, 7) is 9.52. The molecule has 0 bridgehead atoms. The van der Waals surface area contributed by atoms with Gasteiger partial charge in [-0.2, -0.15) is 0 Å². The molecule has 0 aromatic heterocycles. The Kier molecular flexibility index (Phi) is 7.17. The third-order valence-electron chi connectivity index (χ3n) is 3.52. The Balaban J connectivity index is 3.22. The maximum Gasteiger partial charge on any atom is 0.162 e. The van der Waals surface area contributed by atoms with Gasteiger partial charge in [0, 0.05) is 17.1 Å². The standard InChI is InChI=1S/C16H26ClNO2/c1-6-11(4)16(18-5)12-9-14(19-7-2)15(20-8-3)10-13(12)17/h9-11,16,18H,6-8H2,1-5H3. The maximum absolute atomic E-state index is 6.44. The fraction of sp³-hybridized carbons (Fsp3) is 0.625. The van der Waals surface area contributed by atoms with Crippen molar-refractivity contribution in [2.45, 2.75) is 40.2 Å². The largest absolute Gasteiger partial charge is 0.490 e. The van der Waals surface area contributed by atoms with Gasteiger partial charge >= 0.3 is 0 Å². The fourth-order valence-corrected chi connectivity index (χ4v) is 2.58. The van der Waals surface area contributed by atoms with Gasteiger partial charge in [-0.3, -0.25) is 0 Å². The number of hydrogen-bond acceptors (Lipinski definition) is 3. The summed E-state index contributed by atoms with van der Waals surface area (Å²) in [4.78, 5) is 0. The molecule has 0 radical (unpaired) electrons. The van der Waals surface area contributed by atoms with Crippen LogP contribution in [-0.4, -0.2) is 20.3 Å². The molecule has 1 aromatic rings. The number of ether oxygens (including phenoxy) is 2. The lowest BCUT2D eigenvalue weighted by molar-refractivity contribution is 0.286. The zero-order chi connectivity index (χ0) is 15.1. The van der Waals surface area contributed by atoms with Gasteiger partial charge in [-0.1, -0.05) is 31.9 Å². The predicted molar refractivity (Wildman–Crippen MR) is 85.0 cm³/mol. The van der Waals surface area contributed by atoms with Gasteiger partial charge in [-0.25, -0.2) is 0 Å². The molecule has 0 fully saturated rings. The van der Waals surface area contributed by atoms with Crippen LogP contribution < -0.4 is 14.8 Å². The average Bonchev–Trinajstić information content (AvgIpc) is 2.44. The van der Waals surface area contributed by atoms with E-state index in [1.807, 2.05) is 33.0 Å². The zero-order valence-corrected chi connectivity index (χ0v) is 13.9. The lowest BCUT2D eigenvalue weighted by atomic mass is 9.92. The second kappa shape index (κ2) is 8.38. The molecule has 1 aromatic carbocycles. The van der Waals surface area contributed by atoms with Crippen molar-refractivity contribution in [3.8, 4) is 11.5 Å². The molecule has 0 saturated carbocycles. The van der Waals surface area contributed by atoms with Crippen molar-refractivity contribution in [2.75, 3.05) is 20.3 Å². The number of rotatable bonds is 8. The van der Waals surface area contributed by atoms with Crippen molar-refractivity contribution in [3.63, 3.8) is 0 Å². The molecule has 4 heteroatoms. The molecule has 0 spiro atoms. The molecule has 0 aliphatic carbocycles. The van der Waals surface area contributed by atoms with Gasteiger partial charge < -0.3 is 14.8 Å². The Morgan fingerprint density at radius 2 is 1.65 bits per heavy atom. The number of benzene rings is 1. The highest BCUT2D eigenvalue weighted by Gasteiger charge is 2.21. The highest BCUT2D eigenvalue weighted by molar-refractivity contribution is 6.31. The quantitative estimate of drug-likeness (QED) is 0.769. The molecule has 3 nitrogen and oxygen atoms in total. The second-order valence-corrected chi connectivity index (χ2v) is 5.25. The Morgan fingerprint density at radius 3 is 2.10 bits per heavy atom. The first-order valence-electron chi connectivity index (χ1n) is 7.35. The van der Waals surface area contributed by atoms with Gasteiger partial charge in [0.15, 0.2) is 11.5 Å². The van der Waals surface area contributed by atoms with E-state index in [1.54, 1.807) is 0 Å². The monoisotopic (exact) mass is 299 g/mol. The van der Waals surface area contributed by atoms with E-state index < -0.39 is 0 Å². The molecule has 0 heterocycles. The van der Waals surface area contributed by atoms with Crippen molar-refractivity contribution in [3.05, 3.63) is 22.7 Å². The molecule has 1 rings (SSSR count). The number of nitrogens with one attached hydrogen (secondary N) is 1. The molecule has 0 amide bonds. The predicted octanol–water partition coefficient (Wildman–Crippen LogP) is 4.44. The second-order valence-electron chi connectivity index (χ2n) is 4.84. The first-order chi connectivity index (χ1) is 9.58. The van der Waals surface area contributed by atoms with Gasteiger partial charge in [0.25, 0.3) is 0 Å². The van der Waals surface area contributed by atoms with Crippen molar-refractivity contribution in [1.82, 2.24) is 5.32 Å². The van der Waals surface area contributed by atoms with Gasteiger partial charge in [0.1, 0.15) is 0 Å². The molecule has 0 aliphatic rings. The summed E-state index contributed by atoms with van der Waals surface area (Å²) in [5.41, 5.74) is 1.07. The van der Waals surface area contributed by atoms with E-state index in [0.717, 1.165) is 22.8 Å². The van der Waals surface area contributed by atoms with Crippen LogP contribution in [0, 0.1) is 5.92 Å². The minimum absolute atomic E-state index is 0.211. The molecule has 1 N–H and O–H groups in total. The normalized spacial score (nSPS) is 13.9. The van der Waals surface area contributed by atoms with Gasteiger partial charge in [-0.05, 0) is 38.4 Å². The summed E-state index contributed by atoms with van der Waals surface area (Å²) in [5, 5.41) is 4.07. The summed E-state index contributed by atoms with van der Waals surface area (Å²) >= 11 is 6.44. The van der Waals surface area contributed by atoms with Crippen molar-refractivity contribution in [2.24, 2.45) is 5.92 Å². The van der Waals surface area contributed by atoms with Crippen molar-refractivity contribution in [1.29, 1.82) is 0 Å². The van der Waals surface area contributed by atoms with Crippen LogP contribution in [0.15, 0.2) is 12.1 Å². The lowest BCUT2D eigenvalue weighted by Gasteiger charge is -2.25. The third-order valence-corrected chi connectivity index (χ3v) is 3.85. The first-order valence-corrected chi connectivity index (χ1v) is 7.72. The Labute approximate surface area is 127 Å². The van der Waals surface area contributed by atoms with Crippen LogP contribution in [0.5, 0.6) is 11.5 Å². The third kappa shape index (κ3) is 4.03.